The number of carboxylic acids is 1. The minimum Gasteiger partial charge on any atom is -0.496 e. The standard InChI is InChI=1S/C16H16ClNO3/c1-21-14-5-3-2-4-12(14)10-13(16(19)20)8-11-6-7-18-15(17)9-11/h2-7,9,13H,8,10H2,1H3,(H,19,20). The Morgan fingerprint density at radius 1 is 1.33 bits per heavy atom. The fourth-order valence-electron chi connectivity index (χ4n) is 2.24. The van der Waals surface area contributed by atoms with Gasteiger partial charge in [-0.2, -0.15) is 0 Å². The van der Waals surface area contributed by atoms with Crippen molar-refractivity contribution in [3.05, 3.63) is 58.9 Å². The number of aliphatic carboxylic acids is 1. The van der Waals surface area contributed by atoms with Crippen LogP contribution in [0.25, 0.3) is 0 Å². The van der Waals surface area contributed by atoms with Crippen molar-refractivity contribution in [3.8, 4) is 5.75 Å². The highest BCUT2D eigenvalue weighted by atomic mass is 35.5. The van der Waals surface area contributed by atoms with Crippen LogP contribution in [0.3, 0.4) is 0 Å². The Balaban J connectivity index is 2.18. The lowest BCUT2D eigenvalue weighted by Gasteiger charge is -2.15. The predicted octanol–water partition coefficient (Wildman–Crippen LogP) is 3.23. The van der Waals surface area contributed by atoms with Crippen LogP contribution in [0.5, 0.6) is 5.75 Å². The molecule has 0 aliphatic carbocycles. The summed E-state index contributed by atoms with van der Waals surface area (Å²) in [6.45, 7) is 0. The van der Waals surface area contributed by atoms with Crippen LogP contribution in [-0.2, 0) is 17.6 Å². The molecule has 110 valence electrons. The molecule has 2 rings (SSSR count). The summed E-state index contributed by atoms with van der Waals surface area (Å²) >= 11 is 5.84. The highest BCUT2D eigenvalue weighted by Gasteiger charge is 2.20. The molecule has 0 aliphatic rings. The summed E-state index contributed by atoms with van der Waals surface area (Å²) in [5.41, 5.74) is 1.74. The van der Waals surface area contributed by atoms with Crippen molar-refractivity contribution < 1.29 is 14.6 Å². The molecular formula is C16H16ClNO3. The van der Waals surface area contributed by atoms with Crippen LogP contribution in [0.15, 0.2) is 42.6 Å². The number of ether oxygens (including phenoxy) is 1. The van der Waals surface area contributed by atoms with E-state index in [1.54, 1.807) is 25.4 Å². The predicted molar refractivity (Wildman–Crippen MR) is 80.8 cm³/mol. The van der Waals surface area contributed by atoms with Crippen molar-refractivity contribution in [1.82, 2.24) is 4.98 Å². The Kier molecular flexibility index (Phi) is 5.17. The van der Waals surface area contributed by atoms with Crippen molar-refractivity contribution in [2.45, 2.75) is 12.8 Å². The second kappa shape index (κ2) is 7.09. The number of rotatable bonds is 6. The summed E-state index contributed by atoms with van der Waals surface area (Å²) < 4.78 is 5.27. The van der Waals surface area contributed by atoms with E-state index < -0.39 is 11.9 Å². The first-order valence-corrected chi connectivity index (χ1v) is 6.93. The van der Waals surface area contributed by atoms with Gasteiger partial charge in [0.1, 0.15) is 10.9 Å². The number of aromatic nitrogens is 1. The zero-order valence-electron chi connectivity index (χ0n) is 11.6. The van der Waals surface area contributed by atoms with Gasteiger partial charge in [0.15, 0.2) is 0 Å². The summed E-state index contributed by atoms with van der Waals surface area (Å²) in [7, 11) is 1.58. The molecule has 0 fully saturated rings. The van der Waals surface area contributed by atoms with Crippen molar-refractivity contribution in [1.29, 1.82) is 0 Å². The quantitative estimate of drug-likeness (QED) is 0.832. The molecule has 5 heteroatoms. The lowest BCUT2D eigenvalue weighted by atomic mass is 9.92. The topological polar surface area (TPSA) is 59.4 Å². The summed E-state index contributed by atoms with van der Waals surface area (Å²) in [6.07, 6.45) is 2.38. The average Bonchev–Trinajstić information content (AvgIpc) is 2.47. The number of pyridine rings is 1. The Morgan fingerprint density at radius 3 is 2.76 bits per heavy atom. The van der Waals surface area contributed by atoms with Gasteiger partial charge in [0.25, 0.3) is 0 Å². The summed E-state index contributed by atoms with van der Waals surface area (Å²) in [5.74, 6) is -0.676. The first kappa shape index (κ1) is 15.3. The molecular weight excluding hydrogens is 290 g/mol. The molecule has 21 heavy (non-hydrogen) atoms. The number of carbonyl (C=O) groups is 1. The highest BCUT2D eigenvalue weighted by Crippen LogP contribution is 2.23. The van der Waals surface area contributed by atoms with Crippen LogP contribution in [-0.4, -0.2) is 23.2 Å². The molecule has 0 aliphatic heterocycles. The van der Waals surface area contributed by atoms with Gasteiger partial charge in [-0.15, -0.1) is 0 Å². The minimum absolute atomic E-state index is 0.369. The van der Waals surface area contributed by atoms with Gasteiger partial charge in [0.2, 0.25) is 0 Å². The second-order valence-corrected chi connectivity index (χ2v) is 5.13. The first-order chi connectivity index (χ1) is 10.1. The second-order valence-electron chi connectivity index (χ2n) is 4.74. The third-order valence-electron chi connectivity index (χ3n) is 3.28. The van der Waals surface area contributed by atoms with Gasteiger partial charge in [-0.25, -0.2) is 4.98 Å². The number of methoxy groups -OCH3 is 1. The van der Waals surface area contributed by atoms with Gasteiger partial charge in [0, 0.05) is 6.20 Å². The normalized spacial score (nSPS) is 11.9. The van der Waals surface area contributed by atoms with E-state index in [0.29, 0.717) is 23.7 Å². The molecule has 0 saturated heterocycles. The zero-order chi connectivity index (χ0) is 15.2. The molecule has 0 bridgehead atoms. The van der Waals surface area contributed by atoms with E-state index in [0.717, 1.165) is 11.1 Å². The molecule has 1 aromatic carbocycles. The van der Waals surface area contributed by atoms with Crippen LogP contribution in [0.4, 0.5) is 0 Å². The smallest absolute Gasteiger partial charge is 0.307 e. The van der Waals surface area contributed by atoms with E-state index in [-0.39, 0.29) is 0 Å². The fourth-order valence-corrected chi connectivity index (χ4v) is 2.43. The van der Waals surface area contributed by atoms with E-state index >= 15 is 0 Å². The number of nitrogens with zero attached hydrogens (tertiary/aromatic N) is 1. The summed E-state index contributed by atoms with van der Waals surface area (Å²) in [6, 6.07) is 10.9. The molecule has 0 spiro atoms. The van der Waals surface area contributed by atoms with Crippen molar-refractivity contribution in [2.75, 3.05) is 7.11 Å². The van der Waals surface area contributed by atoms with Crippen LogP contribution < -0.4 is 4.74 Å². The van der Waals surface area contributed by atoms with Gasteiger partial charge in [-0.05, 0) is 42.2 Å². The van der Waals surface area contributed by atoms with Crippen LogP contribution in [0.2, 0.25) is 5.15 Å². The molecule has 4 nitrogen and oxygen atoms in total. The van der Waals surface area contributed by atoms with Gasteiger partial charge < -0.3 is 9.84 Å². The number of hydrogen-bond acceptors (Lipinski definition) is 3. The third kappa shape index (κ3) is 4.20. The Labute approximate surface area is 128 Å². The maximum absolute atomic E-state index is 11.5. The average molecular weight is 306 g/mol. The maximum Gasteiger partial charge on any atom is 0.307 e. The minimum atomic E-state index is -0.839. The molecule has 1 heterocycles. The van der Waals surface area contributed by atoms with E-state index in [9.17, 15) is 9.90 Å². The monoisotopic (exact) mass is 305 g/mol. The summed E-state index contributed by atoms with van der Waals surface area (Å²) in [5, 5.41) is 9.81. The van der Waals surface area contributed by atoms with Crippen molar-refractivity contribution in [2.24, 2.45) is 5.92 Å². The number of hydrogen-bond donors (Lipinski definition) is 1. The van der Waals surface area contributed by atoms with Gasteiger partial charge in [0.05, 0.1) is 13.0 Å². The summed E-state index contributed by atoms with van der Waals surface area (Å²) in [4.78, 5) is 15.4. The largest absolute Gasteiger partial charge is 0.496 e. The fraction of sp³-hybridized carbons (Fsp3) is 0.250. The first-order valence-electron chi connectivity index (χ1n) is 6.55. The lowest BCUT2D eigenvalue weighted by molar-refractivity contribution is -0.141. The SMILES string of the molecule is COc1ccccc1CC(Cc1ccnc(Cl)c1)C(=O)O. The molecule has 1 N–H and O–H groups in total. The van der Waals surface area contributed by atoms with Gasteiger partial charge in [-0.3, -0.25) is 4.79 Å². The molecule has 1 atom stereocenters. The number of benzene rings is 1. The third-order valence-corrected chi connectivity index (χ3v) is 3.49. The van der Waals surface area contributed by atoms with Crippen molar-refractivity contribution in [3.63, 3.8) is 0 Å². The maximum atomic E-state index is 11.5. The Bertz CT molecular complexity index is 630. The Hall–Kier alpha value is -2.07. The van der Waals surface area contributed by atoms with Gasteiger partial charge >= 0.3 is 5.97 Å². The molecule has 2 aromatic rings. The number of para-hydroxylation sites is 1. The molecule has 1 unspecified atom stereocenters. The van der Waals surface area contributed by atoms with Crippen molar-refractivity contribution >= 4 is 17.6 Å². The molecule has 0 saturated carbocycles. The number of halogens is 1. The van der Waals surface area contributed by atoms with E-state index in [1.807, 2.05) is 24.3 Å². The van der Waals surface area contributed by atoms with E-state index in [2.05, 4.69) is 4.98 Å². The van der Waals surface area contributed by atoms with Crippen LogP contribution in [0, 0.1) is 5.92 Å². The number of carboxylic acid groups (broad SMARTS) is 1. The molecule has 0 amide bonds. The van der Waals surface area contributed by atoms with Crippen LogP contribution >= 0.6 is 11.6 Å². The van der Waals surface area contributed by atoms with E-state index in [1.165, 1.54) is 0 Å². The van der Waals surface area contributed by atoms with Crippen LogP contribution in [0.1, 0.15) is 11.1 Å². The Morgan fingerprint density at radius 2 is 2.10 bits per heavy atom. The zero-order valence-corrected chi connectivity index (χ0v) is 12.4. The lowest BCUT2D eigenvalue weighted by Crippen LogP contribution is -2.19. The highest BCUT2D eigenvalue weighted by molar-refractivity contribution is 6.29. The van der Waals surface area contributed by atoms with Gasteiger partial charge in [-0.1, -0.05) is 29.8 Å². The molecule has 1 aromatic heterocycles. The molecule has 0 radical (unpaired) electrons. The van der Waals surface area contributed by atoms with E-state index in [4.69, 9.17) is 16.3 Å².